The summed E-state index contributed by atoms with van der Waals surface area (Å²) in [6.07, 6.45) is 0. The first-order valence-corrected chi connectivity index (χ1v) is 2.60. The molecular formula is C6H9N3. The fourth-order valence-corrected chi connectivity index (χ4v) is 0.702. The predicted octanol–water partition coefficient (Wildman–Crippen LogP) is 0.433. The molecule has 0 atom stereocenters. The predicted molar refractivity (Wildman–Crippen MR) is 39.7 cm³/mol. The van der Waals surface area contributed by atoms with Crippen LogP contribution in [0.4, 0.5) is 17.1 Å². The zero-order valence-electron chi connectivity index (χ0n) is 4.96. The molecule has 0 fully saturated rings. The van der Waals surface area contributed by atoms with Gasteiger partial charge in [-0.25, -0.2) is 0 Å². The molecule has 0 radical (unpaired) electrons. The van der Waals surface area contributed by atoms with Crippen molar-refractivity contribution in [3.05, 3.63) is 18.2 Å². The van der Waals surface area contributed by atoms with Gasteiger partial charge < -0.3 is 17.2 Å². The Morgan fingerprint density at radius 3 is 1.11 bits per heavy atom. The molecule has 6 N–H and O–H groups in total. The normalized spacial score (nSPS) is 9.33. The minimum atomic E-state index is 0.604. The van der Waals surface area contributed by atoms with Crippen molar-refractivity contribution in [1.82, 2.24) is 0 Å². The maximum atomic E-state index is 5.40. The van der Waals surface area contributed by atoms with Gasteiger partial charge in [0.2, 0.25) is 0 Å². The smallest absolute Gasteiger partial charge is 0.0355 e. The Morgan fingerprint density at radius 1 is 0.667 bits per heavy atom. The molecule has 3 heteroatoms. The van der Waals surface area contributed by atoms with Crippen LogP contribution in [0.5, 0.6) is 0 Å². The molecular weight excluding hydrogens is 114 g/mol. The van der Waals surface area contributed by atoms with Crippen LogP contribution in [0.15, 0.2) is 18.2 Å². The molecule has 0 unspecified atom stereocenters. The molecule has 0 aromatic heterocycles. The lowest BCUT2D eigenvalue weighted by atomic mass is 10.2. The van der Waals surface area contributed by atoms with Gasteiger partial charge in [0.25, 0.3) is 0 Å². The van der Waals surface area contributed by atoms with Gasteiger partial charge >= 0.3 is 0 Å². The summed E-state index contributed by atoms with van der Waals surface area (Å²) in [5.74, 6) is 0. The monoisotopic (exact) mass is 123 g/mol. The van der Waals surface area contributed by atoms with Crippen molar-refractivity contribution in [2.24, 2.45) is 0 Å². The Kier molecular flexibility index (Phi) is 1.18. The number of hydrogen-bond donors (Lipinski definition) is 3. The van der Waals surface area contributed by atoms with Crippen molar-refractivity contribution in [3.8, 4) is 0 Å². The summed E-state index contributed by atoms with van der Waals surface area (Å²) in [7, 11) is 0. The van der Waals surface area contributed by atoms with E-state index >= 15 is 0 Å². The molecule has 0 bridgehead atoms. The first-order chi connectivity index (χ1) is 4.18. The summed E-state index contributed by atoms with van der Waals surface area (Å²) in [5.41, 5.74) is 18.0. The van der Waals surface area contributed by atoms with E-state index in [0.29, 0.717) is 17.1 Å². The fraction of sp³-hybridized carbons (Fsp3) is 0. The second-order valence-electron chi connectivity index (χ2n) is 1.93. The van der Waals surface area contributed by atoms with Crippen LogP contribution in [-0.2, 0) is 0 Å². The molecule has 0 spiro atoms. The Hall–Kier alpha value is -1.38. The first kappa shape index (κ1) is 5.75. The number of nitrogens with two attached hydrogens (primary N) is 3. The van der Waals surface area contributed by atoms with E-state index in [-0.39, 0.29) is 0 Å². The van der Waals surface area contributed by atoms with Gasteiger partial charge in [-0.2, -0.15) is 0 Å². The number of hydrogen-bond acceptors (Lipinski definition) is 3. The Bertz CT molecular complexity index is 169. The summed E-state index contributed by atoms with van der Waals surface area (Å²) >= 11 is 0. The van der Waals surface area contributed by atoms with Crippen LogP contribution in [0, 0.1) is 0 Å². The number of benzene rings is 1. The Balaban J connectivity index is 3.17. The highest BCUT2D eigenvalue weighted by molar-refractivity contribution is 5.61. The summed E-state index contributed by atoms with van der Waals surface area (Å²) in [5, 5.41) is 0. The third kappa shape index (κ3) is 1.25. The second-order valence-corrected chi connectivity index (χ2v) is 1.93. The van der Waals surface area contributed by atoms with Gasteiger partial charge in [0.1, 0.15) is 0 Å². The molecule has 0 saturated carbocycles. The van der Waals surface area contributed by atoms with Crippen LogP contribution in [0.25, 0.3) is 0 Å². The summed E-state index contributed by atoms with van der Waals surface area (Å²) in [6, 6.07) is 4.99. The molecule has 0 heterocycles. The highest BCUT2D eigenvalue weighted by Crippen LogP contribution is 2.14. The van der Waals surface area contributed by atoms with E-state index in [1.165, 1.54) is 0 Å². The molecule has 0 saturated heterocycles. The number of nitrogen functional groups attached to an aromatic ring is 3. The van der Waals surface area contributed by atoms with Crippen molar-refractivity contribution < 1.29 is 0 Å². The van der Waals surface area contributed by atoms with Crippen molar-refractivity contribution in [2.45, 2.75) is 0 Å². The maximum Gasteiger partial charge on any atom is 0.0355 e. The summed E-state index contributed by atoms with van der Waals surface area (Å²) in [4.78, 5) is 0. The van der Waals surface area contributed by atoms with Crippen LogP contribution >= 0.6 is 0 Å². The molecule has 0 aliphatic carbocycles. The Labute approximate surface area is 53.5 Å². The van der Waals surface area contributed by atoms with E-state index in [9.17, 15) is 0 Å². The standard InChI is InChI=1S/C6H9N3/c7-4-1-5(8)3-6(9)2-4/h1-3H,7-9H2. The summed E-state index contributed by atoms with van der Waals surface area (Å²) < 4.78 is 0. The average Bonchev–Trinajstić information content (AvgIpc) is 1.59. The van der Waals surface area contributed by atoms with Crippen molar-refractivity contribution in [2.75, 3.05) is 17.2 Å². The van der Waals surface area contributed by atoms with E-state index in [2.05, 4.69) is 0 Å². The third-order valence-corrected chi connectivity index (χ3v) is 1.00. The molecule has 1 aromatic carbocycles. The summed E-state index contributed by atoms with van der Waals surface area (Å²) in [6.45, 7) is 0. The number of anilines is 3. The molecule has 0 aliphatic heterocycles. The lowest BCUT2D eigenvalue weighted by Crippen LogP contribution is -1.93. The lowest BCUT2D eigenvalue weighted by molar-refractivity contribution is 1.65. The maximum absolute atomic E-state index is 5.40. The molecule has 1 rings (SSSR count). The minimum Gasteiger partial charge on any atom is -0.399 e. The van der Waals surface area contributed by atoms with Crippen molar-refractivity contribution in [1.29, 1.82) is 0 Å². The van der Waals surface area contributed by atoms with Crippen molar-refractivity contribution >= 4 is 17.1 Å². The SMILES string of the molecule is Nc1cc(N)cc(N)c1. The van der Waals surface area contributed by atoms with Crippen LogP contribution < -0.4 is 17.2 Å². The number of rotatable bonds is 0. The zero-order chi connectivity index (χ0) is 6.85. The largest absolute Gasteiger partial charge is 0.399 e. The van der Waals surface area contributed by atoms with Gasteiger partial charge in [-0.1, -0.05) is 0 Å². The highest BCUT2D eigenvalue weighted by atomic mass is 14.6. The fourth-order valence-electron chi connectivity index (χ4n) is 0.702. The van der Waals surface area contributed by atoms with Gasteiger partial charge in [-0.3, -0.25) is 0 Å². The van der Waals surface area contributed by atoms with Crippen LogP contribution in [-0.4, -0.2) is 0 Å². The van der Waals surface area contributed by atoms with Gasteiger partial charge in [0.05, 0.1) is 0 Å². The van der Waals surface area contributed by atoms with Crippen LogP contribution in [0.1, 0.15) is 0 Å². The van der Waals surface area contributed by atoms with E-state index < -0.39 is 0 Å². The molecule has 48 valence electrons. The minimum absolute atomic E-state index is 0.604. The highest BCUT2D eigenvalue weighted by Gasteiger charge is 1.89. The lowest BCUT2D eigenvalue weighted by Gasteiger charge is -1.97. The topological polar surface area (TPSA) is 78.1 Å². The van der Waals surface area contributed by atoms with Gasteiger partial charge in [0.15, 0.2) is 0 Å². The molecule has 0 amide bonds. The van der Waals surface area contributed by atoms with Crippen LogP contribution in [0.2, 0.25) is 0 Å². The average molecular weight is 123 g/mol. The van der Waals surface area contributed by atoms with E-state index in [4.69, 9.17) is 17.2 Å². The molecule has 3 nitrogen and oxygen atoms in total. The third-order valence-electron chi connectivity index (χ3n) is 1.00. The van der Waals surface area contributed by atoms with E-state index in [1.54, 1.807) is 18.2 Å². The molecule has 1 aromatic rings. The van der Waals surface area contributed by atoms with Crippen LogP contribution in [0.3, 0.4) is 0 Å². The van der Waals surface area contributed by atoms with E-state index in [0.717, 1.165) is 0 Å². The first-order valence-electron chi connectivity index (χ1n) is 2.60. The quantitative estimate of drug-likeness (QED) is 0.438. The van der Waals surface area contributed by atoms with Crippen molar-refractivity contribution in [3.63, 3.8) is 0 Å². The van der Waals surface area contributed by atoms with E-state index in [1.807, 2.05) is 0 Å². The second kappa shape index (κ2) is 1.85. The molecule has 9 heavy (non-hydrogen) atoms. The van der Waals surface area contributed by atoms with Gasteiger partial charge in [0, 0.05) is 17.1 Å². The Morgan fingerprint density at radius 2 is 0.889 bits per heavy atom. The van der Waals surface area contributed by atoms with Gasteiger partial charge in [-0.15, -0.1) is 0 Å². The molecule has 0 aliphatic rings. The zero-order valence-corrected chi connectivity index (χ0v) is 4.96. The van der Waals surface area contributed by atoms with Gasteiger partial charge in [-0.05, 0) is 18.2 Å².